The molecule has 0 aromatic carbocycles. The van der Waals surface area contributed by atoms with Gasteiger partial charge >= 0.3 is 0 Å². The first-order chi connectivity index (χ1) is 6.13. The van der Waals surface area contributed by atoms with Crippen LogP contribution in [0.15, 0.2) is 0 Å². The van der Waals surface area contributed by atoms with E-state index in [0.717, 1.165) is 13.0 Å². The molecular formula is C12H26O2. The van der Waals surface area contributed by atoms with E-state index >= 15 is 0 Å². The van der Waals surface area contributed by atoms with Crippen LogP contribution in [0, 0.1) is 10.8 Å². The van der Waals surface area contributed by atoms with Crippen molar-refractivity contribution in [3.63, 3.8) is 0 Å². The second kappa shape index (κ2) is 5.13. The van der Waals surface area contributed by atoms with Gasteiger partial charge in [-0.1, -0.05) is 41.5 Å². The highest BCUT2D eigenvalue weighted by molar-refractivity contribution is 4.72. The zero-order valence-electron chi connectivity index (χ0n) is 10.6. The predicted molar refractivity (Wildman–Crippen MR) is 60.4 cm³/mol. The van der Waals surface area contributed by atoms with Crippen molar-refractivity contribution in [1.29, 1.82) is 0 Å². The number of rotatable bonds is 4. The van der Waals surface area contributed by atoms with Gasteiger partial charge in [-0.05, 0) is 17.3 Å². The lowest BCUT2D eigenvalue weighted by Crippen LogP contribution is -2.28. The molecule has 0 aliphatic carbocycles. The molecule has 0 saturated heterocycles. The Kier molecular flexibility index (Phi) is 5.10. The molecular weight excluding hydrogens is 176 g/mol. The van der Waals surface area contributed by atoms with Crippen LogP contribution in [0.1, 0.15) is 48.0 Å². The van der Waals surface area contributed by atoms with Crippen molar-refractivity contribution in [2.45, 2.75) is 54.1 Å². The lowest BCUT2D eigenvalue weighted by molar-refractivity contribution is 0.00714. The van der Waals surface area contributed by atoms with Crippen LogP contribution in [0.5, 0.6) is 0 Å². The van der Waals surface area contributed by atoms with Crippen LogP contribution in [0.2, 0.25) is 0 Å². The molecule has 0 heterocycles. The molecule has 0 aliphatic rings. The van der Waals surface area contributed by atoms with Gasteiger partial charge in [-0.25, -0.2) is 0 Å². The first kappa shape index (κ1) is 13.9. The number of hydrogen-bond acceptors (Lipinski definition) is 2. The van der Waals surface area contributed by atoms with E-state index < -0.39 is 0 Å². The molecule has 0 aromatic rings. The highest BCUT2D eigenvalue weighted by Gasteiger charge is 2.21. The largest absolute Gasteiger partial charge is 0.392 e. The zero-order chi connectivity index (χ0) is 11.4. The minimum absolute atomic E-state index is 0.0366. The van der Waals surface area contributed by atoms with Gasteiger partial charge in [-0.2, -0.15) is 0 Å². The second-order valence-corrected chi connectivity index (χ2v) is 6.28. The second-order valence-electron chi connectivity index (χ2n) is 6.28. The molecule has 1 atom stereocenters. The Morgan fingerprint density at radius 2 is 1.57 bits per heavy atom. The van der Waals surface area contributed by atoms with E-state index in [1.807, 2.05) is 20.8 Å². The molecule has 0 rings (SSSR count). The standard InChI is InChI=1S/C12H26O2/c1-11(2,3)9-14-8-7-10(13)12(4,5)6/h10,13H,7-9H2,1-6H3. The summed E-state index contributed by atoms with van der Waals surface area (Å²) in [5.41, 5.74) is 0.178. The fourth-order valence-corrected chi connectivity index (χ4v) is 1.01. The minimum Gasteiger partial charge on any atom is -0.392 e. The van der Waals surface area contributed by atoms with Gasteiger partial charge in [0.25, 0.3) is 0 Å². The fraction of sp³-hybridized carbons (Fsp3) is 1.00. The van der Waals surface area contributed by atoms with Crippen LogP contribution in [-0.4, -0.2) is 24.4 Å². The highest BCUT2D eigenvalue weighted by atomic mass is 16.5. The Bertz CT molecular complexity index is 151. The molecule has 0 bridgehead atoms. The third-order valence-corrected chi connectivity index (χ3v) is 2.07. The molecule has 2 heteroatoms. The van der Waals surface area contributed by atoms with Gasteiger partial charge in [0.2, 0.25) is 0 Å². The maximum Gasteiger partial charge on any atom is 0.0610 e. The van der Waals surface area contributed by atoms with E-state index in [-0.39, 0.29) is 16.9 Å². The van der Waals surface area contributed by atoms with Crippen LogP contribution >= 0.6 is 0 Å². The molecule has 86 valence electrons. The van der Waals surface area contributed by atoms with E-state index in [9.17, 15) is 5.11 Å². The summed E-state index contributed by atoms with van der Waals surface area (Å²) in [6.45, 7) is 14.0. The van der Waals surface area contributed by atoms with Crippen molar-refractivity contribution in [2.24, 2.45) is 10.8 Å². The molecule has 0 aliphatic heterocycles. The lowest BCUT2D eigenvalue weighted by atomic mass is 9.87. The summed E-state index contributed by atoms with van der Waals surface area (Å²) in [5.74, 6) is 0. The van der Waals surface area contributed by atoms with Gasteiger partial charge < -0.3 is 9.84 Å². The quantitative estimate of drug-likeness (QED) is 0.710. The molecule has 0 radical (unpaired) electrons. The number of aliphatic hydroxyl groups excluding tert-OH is 1. The maximum absolute atomic E-state index is 9.74. The molecule has 0 aromatic heterocycles. The minimum atomic E-state index is -0.275. The SMILES string of the molecule is CC(C)(C)COCCC(O)C(C)(C)C. The lowest BCUT2D eigenvalue weighted by Gasteiger charge is -2.26. The van der Waals surface area contributed by atoms with Gasteiger partial charge in [0, 0.05) is 6.61 Å². The van der Waals surface area contributed by atoms with Crippen LogP contribution in [-0.2, 0) is 4.74 Å². The van der Waals surface area contributed by atoms with Crippen LogP contribution in [0.4, 0.5) is 0 Å². The smallest absolute Gasteiger partial charge is 0.0610 e. The summed E-state index contributed by atoms with van der Waals surface area (Å²) in [4.78, 5) is 0. The molecule has 1 unspecified atom stereocenters. The van der Waals surface area contributed by atoms with E-state index in [2.05, 4.69) is 20.8 Å². The number of ether oxygens (including phenoxy) is 1. The summed E-state index contributed by atoms with van der Waals surface area (Å²) in [6.07, 6.45) is 0.446. The zero-order valence-corrected chi connectivity index (χ0v) is 10.6. The monoisotopic (exact) mass is 202 g/mol. The maximum atomic E-state index is 9.74. The normalized spacial score (nSPS) is 15.6. The summed E-state index contributed by atoms with van der Waals surface area (Å²) in [5, 5.41) is 9.74. The Balaban J connectivity index is 3.56. The Labute approximate surface area is 88.7 Å². The predicted octanol–water partition coefficient (Wildman–Crippen LogP) is 2.85. The van der Waals surface area contributed by atoms with Gasteiger partial charge in [-0.15, -0.1) is 0 Å². The topological polar surface area (TPSA) is 29.5 Å². The molecule has 0 amide bonds. The van der Waals surface area contributed by atoms with Crippen LogP contribution < -0.4 is 0 Å². The Morgan fingerprint density at radius 3 is 1.93 bits per heavy atom. The molecule has 2 nitrogen and oxygen atoms in total. The summed E-state index contributed by atoms with van der Waals surface area (Å²) in [7, 11) is 0. The summed E-state index contributed by atoms with van der Waals surface area (Å²) >= 11 is 0. The van der Waals surface area contributed by atoms with E-state index in [1.54, 1.807) is 0 Å². The van der Waals surface area contributed by atoms with Crippen molar-refractivity contribution in [3.05, 3.63) is 0 Å². The highest BCUT2D eigenvalue weighted by Crippen LogP contribution is 2.21. The van der Waals surface area contributed by atoms with Crippen molar-refractivity contribution in [3.8, 4) is 0 Å². The molecule has 14 heavy (non-hydrogen) atoms. The number of aliphatic hydroxyl groups is 1. The summed E-state index contributed by atoms with van der Waals surface area (Å²) in [6, 6.07) is 0. The molecule has 0 spiro atoms. The van der Waals surface area contributed by atoms with Crippen molar-refractivity contribution in [1.82, 2.24) is 0 Å². The van der Waals surface area contributed by atoms with E-state index in [1.165, 1.54) is 0 Å². The van der Waals surface area contributed by atoms with Gasteiger partial charge in [0.1, 0.15) is 0 Å². The Morgan fingerprint density at radius 1 is 1.07 bits per heavy atom. The van der Waals surface area contributed by atoms with Crippen LogP contribution in [0.25, 0.3) is 0 Å². The third-order valence-electron chi connectivity index (χ3n) is 2.07. The first-order valence-electron chi connectivity index (χ1n) is 5.39. The first-order valence-corrected chi connectivity index (χ1v) is 5.39. The molecule has 0 saturated carbocycles. The van der Waals surface area contributed by atoms with Gasteiger partial charge in [0.05, 0.1) is 12.7 Å². The molecule has 0 fully saturated rings. The van der Waals surface area contributed by atoms with Gasteiger partial charge in [-0.3, -0.25) is 0 Å². The third kappa shape index (κ3) is 7.34. The Hall–Kier alpha value is -0.0800. The van der Waals surface area contributed by atoms with Crippen molar-refractivity contribution in [2.75, 3.05) is 13.2 Å². The molecule has 1 N–H and O–H groups in total. The fourth-order valence-electron chi connectivity index (χ4n) is 1.01. The van der Waals surface area contributed by atoms with Gasteiger partial charge in [0.15, 0.2) is 0 Å². The van der Waals surface area contributed by atoms with E-state index in [4.69, 9.17) is 4.74 Å². The van der Waals surface area contributed by atoms with Crippen LogP contribution in [0.3, 0.4) is 0 Å². The van der Waals surface area contributed by atoms with E-state index in [0.29, 0.717) is 6.61 Å². The average molecular weight is 202 g/mol. The average Bonchev–Trinajstić information content (AvgIpc) is 1.93. The van der Waals surface area contributed by atoms with Crippen molar-refractivity contribution < 1.29 is 9.84 Å². The van der Waals surface area contributed by atoms with Crippen molar-refractivity contribution >= 4 is 0 Å². The summed E-state index contributed by atoms with van der Waals surface area (Å²) < 4.78 is 5.50. The number of hydrogen-bond donors (Lipinski definition) is 1.